The minimum absolute atomic E-state index is 0.219. The molecule has 62 heavy (non-hydrogen) atoms. The van der Waals surface area contributed by atoms with Crippen molar-refractivity contribution in [2.45, 2.75) is 19.3 Å². The lowest BCUT2D eigenvalue weighted by Gasteiger charge is -2.33. The van der Waals surface area contributed by atoms with E-state index < -0.39 is 0 Å². The summed E-state index contributed by atoms with van der Waals surface area (Å²) in [5.74, 6) is 0. The van der Waals surface area contributed by atoms with Gasteiger partial charge in [-0.05, 0) is 114 Å². The third kappa shape index (κ3) is 6.33. The Balaban J connectivity index is 1.23. The quantitative estimate of drug-likeness (QED) is 0.148. The summed E-state index contributed by atoms with van der Waals surface area (Å²) in [6.07, 6.45) is 0. The van der Waals surface area contributed by atoms with Gasteiger partial charge in [-0.2, -0.15) is 0 Å². The number of benzene rings is 10. The van der Waals surface area contributed by atoms with Gasteiger partial charge in [-0.15, -0.1) is 0 Å². The molecular weight excluding hydrogens is 747 g/mol. The van der Waals surface area contributed by atoms with Gasteiger partial charge < -0.3 is 4.90 Å². The Bertz CT molecular complexity index is 3250. The van der Waals surface area contributed by atoms with Crippen LogP contribution in [0.15, 0.2) is 237 Å². The number of anilines is 3. The first-order chi connectivity index (χ1) is 30.5. The molecule has 0 saturated heterocycles. The van der Waals surface area contributed by atoms with E-state index in [4.69, 9.17) is 0 Å². The molecule has 0 fully saturated rings. The maximum Gasteiger partial charge on any atom is 0.0546 e. The summed E-state index contributed by atoms with van der Waals surface area (Å²) in [4.78, 5) is 2.51. The highest BCUT2D eigenvalue weighted by atomic mass is 15.1. The first kappa shape index (κ1) is 37.3. The summed E-state index contributed by atoms with van der Waals surface area (Å²) in [5, 5.41) is 2.48. The topological polar surface area (TPSA) is 3.24 Å². The fourth-order valence-electron chi connectivity index (χ4n) is 9.99. The normalized spacial score (nSPS) is 12.5. The highest BCUT2D eigenvalue weighted by molar-refractivity contribution is 6.04. The molecule has 0 unspecified atom stereocenters. The number of fused-ring (bicyclic) bond motifs is 4. The minimum atomic E-state index is -0.219. The van der Waals surface area contributed by atoms with E-state index in [1.807, 2.05) is 0 Å². The monoisotopic (exact) mass is 791 g/mol. The van der Waals surface area contributed by atoms with Crippen molar-refractivity contribution in [2.24, 2.45) is 0 Å². The average Bonchev–Trinajstić information content (AvgIpc) is 3.58. The van der Waals surface area contributed by atoms with E-state index >= 15 is 0 Å². The molecule has 294 valence electrons. The number of nitrogens with zero attached hydrogens (tertiary/aromatic N) is 1. The van der Waals surface area contributed by atoms with Crippen molar-refractivity contribution in [1.29, 1.82) is 0 Å². The molecule has 10 aromatic carbocycles. The molecule has 0 N–H and O–H groups in total. The molecule has 0 amide bonds. The second-order valence-electron chi connectivity index (χ2n) is 16.8. The van der Waals surface area contributed by atoms with Crippen LogP contribution < -0.4 is 4.90 Å². The molecule has 0 aromatic heterocycles. The molecule has 0 bridgehead atoms. The number of para-hydroxylation sites is 1. The molecule has 0 saturated carbocycles. The van der Waals surface area contributed by atoms with E-state index in [2.05, 4.69) is 255 Å². The molecule has 1 nitrogen and oxygen atoms in total. The van der Waals surface area contributed by atoms with Crippen LogP contribution in [-0.2, 0) is 5.41 Å². The summed E-state index contributed by atoms with van der Waals surface area (Å²) < 4.78 is 0. The molecule has 1 aliphatic rings. The van der Waals surface area contributed by atoms with Crippen molar-refractivity contribution < 1.29 is 0 Å². The van der Waals surface area contributed by atoms with Gasteiger partial charge in [0.1, 0.15) is 0 Å². The fourth-order valence-corrected chi connectivity index (χ4v) is 9.99. The highest BCUT2D eigenvalue weighted by Crippen LogP contribution is 2.55. The lowest BCUT2D eigenvalue weighted by atomic mass is 9.78. The maximum atomic E-state index is 2.51. The van der Waals surface area contributed by atoms with Gasteiger partial charge in [-0.1, -0.05) is 214 Å². The maximum absolute atomic E-state index is 2.51. The summed E-state index contributed by atoms with van der Waals surface area (Å²) >= 11 is 0. The Morgan fingerprint density at radius 1 is 0.306 bits per heavy atom. The van der Waals surface area contributed by atoms with E-state index in [9.17, 15) is 0 Å². The molecule has 0 radical (unpaired) electrons. The van der Waals surface area contributed by atoms with Crippen LogP contribution in [0.2, 0.25) is 0 Å². The number of hydrogen-bond acceptors (Lipinski definition) is 1. The van der Waals surface area contributed by atoms with Crippen LogP contribution in [0, 0.1) is 0 Å². The van der Waals surface area contributed by atoms with E-state index in [1.54, 1.807) is 0 Å². The zero-order chi connectivity index (χ0) is 41.6. The molecule has 10 aromatic rings. The Morgan fingerprint density at radius 3 is 1.56 bits per heavy atom. The predicted molar refractivity (Wildman–Crippen MR) is 263 cm³/mol. The van der Waals surface area contributed by atoms with Crippen molar-refractivity contribution >= 4 is 27.8 Å². The second-order valence-corrected chi connectivity index (χ2v) is 16.8. The summed E-state index contributed by atoms with van der Waals surface area (Å²) in [5.41, 5.74) is 20.3. The smallest absolute Gasteiger partial charge is 0.0546 e. The molecule has 0 heterocycles. The molecule has 0 aliphatic heterocycles. The van der Waals surface area contributed by atoms with Gasteiger partial charge in [0.25, 0.3) is 0 Å². The zero-order valence-electron chi connectivity index (χ0n) is 35.0. The van der Waals surface area contributed by atoms with E-state index in [1.165, 1.54) is 88.7 Å². The highest BCUT2D eigenvalue weighted by Gasteiger charge is 2.38. The SMILES string of the molecule is CC1(C)c2ccccc2-c2cccc(-c3cc(-c4ccc5ccccc5c4)ccc3N(c3ccccc3)c3cccc(-c4ccccc4)c3-c3ccccc3-c3ccccc3)c21. The average molecular weight is 792 g/mol. The van der Waals surface area contributed by atoms with Crippen LogP contribution in [-0.4, -0.2) is 0 Å². The van der Waals surface area contributed by atoms with Gasteiger partial charge in [-0.3, -0.25) is 0 Å². The lowest BCUT2D eigenvalue weighted by Crippen LogP contribution is -2.17. The largest absolute Gasteiger partial charge is 0.309 e. The second kappa shape index (κ2) is 15.4. The Kier molecular flexibility index (Phi) is 9.24. The van der Waals surface area contributed by atoms with Crippen LogP contribution in [0.4, 0.5) is 17.1 Å². The van der Waals surface area contributed by atoms with Crippen LogP contribution in [0.3, 0.4) is 0 Å². The number of rotatable bonds is 8. The van der Waals surface area contributed by atoms with E-state index in [0.29, 0.717) is 0 Å². The third-order valence-corrected chi connectivity index (χ3v) is 12.9. The molecule has 1 aliphatic carbocycles. The van der Waals surface area contributed by atoms with Crippen molar-refractivity contribution in [1.82, 2.24) is 0 Å². The number of hydrogen-bond donors (Lipinski definition) is 0. The fraction of sp³-hybridized carbons (Fsp3) is 0.0492. The first-order valence-electron chi connectivity index (χ1n) is 21.6. The minimum Gasteiger partial charge on any atom is -0.309 e. The van der Waals surface area contributed by atoms with Gasteiger partial charge >= 0.3 is 0 Å². The summed E-state index contributed by atoms with van der Waals surface area (Å²) in [6, 6.07) is 86.8. The zero-order valence-corrected chi connectivity index (χ0v) is 35.0. The lowest BCUT2D eigenvalue weighted by molar-refractivity contribution is 0.662. The van der Waals surface area contributed by atoms with Gasteiger partial charge in [0.2, 0.25) is 0 Å². The first-order valence-corrected chi connectivity index (χ1v) is 21.6. The Hall–Kier alpha value is -7.74. The molecule has 11 rings (SSSR count). The van der Waals surface area contributed by atoms with E-state index in [-0.39, 0.29) is 5.41 Å². The standard InChI is InChI=1S/C61H45N/c1-61(2)56-34-17-16-29-51(56)53-32-18-33-54(60(53)61)55-41-47(46-37-36-42-20-12-13-25-45(42)40-46)38-39-57(55)62(48-26-10-5-11-27-48)58-35-19-31-50(44-23-8-4-9-24-44)59(58)52-30-15-14-28-49(52)43-21-6-3-7-22-43/h3-41H,1-2H3. The summed E-state index contributed by atoms with van der Waals surface area (Å²) in [6.45, 7) is 4.79. The van der Waals surface area contributed by atoms with Crippen LogP contribution >= 0.6 is 0 Å². The van der Waals surface area contributed by atoms with Crippen LogP contribution in [0.5, 0.6) is 0 Å². The van der Waals surface area contributed by atoms with Crippen molar-refractivity contribution in [3.8, 4) is 66.8 Å². The van der Waals surface area contributed by atoms with Crippen molar-refractivity contribution in [2.75, 3.05) is 4.90 Å². The van der Waals surface area contributed by atoms with Gasteiger partial charge in [-0.25, -0.2) is 0 Å². The Morgan fingerprint density at radius 2 is 0.823 bits per heavy atom. The van der Waals surface area contributed by atoms with Gasteiger partial charge in [0, 0.05) is 22.2 Å². The van der Waals surface area contributed by atoms with Crippen LogP contribution in [0.25, 0.3) is 77.5 Å². The van der Waals surface area contributed by atoms with Crippen LogP contribution in [0.1, 0.15) is 25.0 Å². The molecule has 1 heteroatoms. The molecule has 0 atom stereocenters. The molecule has 0 spiro atoms. The van der Waals surface area contributed by atoms with Gasteiger partial charge in [0.15, 0.2) is 0 Å². The van der Waals surface area contributed by atoms with Gasteiger partial charge in [0.05, 0.1) is 11.4 Å². The third-order valence-electron chi connectivity index (χ3n) is 12.9. The predicted octanol–water partition coefficient (Wildman–Crippen LogP) is 17.0. The van der Waals surface area contributed by atoms with Crippen molar-refractivity contribution in [3.63, 3.8) is 0 Å². The Labute approximate surface area is 364 Å². The molecular formula is C61H45N. The van der Waals surface area contributed by atoms with E-state index in [0.717, 1.165) is 17.1 Å². The summed E-state index contributed by atoms with van der Waals surface area (Å²) in [7, 11) is 0. The van der Waals surface area contributed by atoms with Crippen molar-refractivity contribution in [3.05, 3.63) is 248 Å².